The van der Waals surface area contributed by atoms with Gasteiger partial charge in [0.05, 0.1) is 5.92 Å². The molecule has 7 heteroatoms. The summed E-state index contributed by atoms with van der Waals surface area (Å²) in [7, 11) is 1.35. The Morgan fingerprint density at radius 2 is 2.06 bits per heavy atom. The third-order valence-electron chi connectivity index (χ3n) is 2.74. The fourth-order valence-corrected chi connectivity index (χ4v) is 1.58. The summed E-state index contributed by atoms with van der Waals surface area (Å²) in [5.74, 6) is -0.363. The molecule has 0 atom stereocenters. The first-order valence-electron chi connectivity index (χ1n) is 4.82. The highest BCUT2D eigenvalue weighted by Crippen LogP contribution is 2.25. The molecular formula is C9H11F2N3O2. The molecule has 1 N–H and O–H groups in total. The molecule has 0 aromatic carbocycles. The number of nitrogens with zero attached hydrogens (tertiary/aromatic N) is 2. The molecule has 1 aromatic rings. The minimum absolute atomic E-state index is 0.167. The SMILES string of the molecule is Cn1c(=O)cc(N2CC(C(F)F)C2)[nH]c1=O. The van der Waals surface area contributed by atoms with Crippen LogP contribution in [0.1, 0.15) is 0 Å². The number of anilines is 1. The van der Waals surface area contributed by atoms with Gasteiger partial charge in [-0.1, -0.05) is 0 Å². The van der Waals surface area contributed by atoms with Gasteiger partial charge in [0.25, 0.3) is 5.56 Å². The highest BCUT2D eigenvalue weighted by Gasteiger charge is 2.34. The second-order valence-electron chi connectivity index (χ2n) is 3.86. The molecule has 2 rings (SSSR count). The van der Waals surface area contributed by atoms with Crippen molar-refractivity contribution in [2.75, 3.05) is 18.0 Å². The molecular weight excluding hydrogens is 220 g/mol. The normalized spacial score (nSPS) is 16.6. The first-order valence-corrected chi connectivity index (χ1v) is 4.82. The van der Waals surface area contributed by atoms with E-state index >= 15 is 0 Å². The van der Waals surface area contributed by atoms with Crippen LogP contribution < -0.4 is 16.1 Å². The molecule has 0 radical (unpaired) electrons. The molecule has 1 fully saturated rings. The summed E-state index contributed by atoms with van der Waals surface area (Å²) >= 11 is 0. The predicted octanol–water partition coefficient (Wildman–Crippen LogP) is -0.225. The molecule has 0 aliphatic carbocycles. The Morgan fingerprint density at radius 3 is 2.56 bits per heavy atom. The Hall–Kier alpha value is -1.66. The van der Waals surface area contributed by atoms with Crippen molar-refractivity contribution in [3.63, 3.8) is 0 Å². The van der Waals surface area contributed by atoms with Crippen molar-refractivity contribution in [2.24, 2.45) is 13.0 Å². The van der Waals surface area contributed by atoms with Crippen LogP contribution in [0.5, 0.6) is 0 Å². The van der Waals surface area contributed by atoms with Gasteiger partial charge >= 0.3 is 5.69 Å². The van der Waals surface area contributed by atoms with E-state index in [9.17, 15) is 18.4 Å². The number of alkyl halides is 2. The zero-order chi connectivity index (χ0) is 11.9. The molecule has 0 unspecified atom stereocenters. The largest absolute Gasteiger partial charge is 0.357 e. The van der Waals surface area contributed by atoms with Crippen LogP contribution in [-0.4, -0.2) is 29.1 Å². The summed E-state index contributed by atoms with van der Waals surface area (Å²) in [6.45, 7) is 0.335. The van der Waals surface area contributed by atoms with Crippen LogP contribution in [-0.2, 0) is 7.05 Å². The average molecular weight is 231 g/mol. The molecule has 2 heterocycles. The molecule has 1 saturated heterocycles. The van der Waals surface area contributed by atoms with Crippen LogP contribution in [0.2, 0.25) is 0 Å². The Labute approximate surface area is 89.3 Å². The van der Waals surface area contributed by atoms with E-state index < -0.39 is 23.6 Å². The number of halogens is 2. The van der Waals surface area contributed by atoms with Crippen LogP contribution in [0, 0.1) is 5.92 Å². The molecule has 1 aliphatic heterocycles. The number of H-pyrrole nitrogens is 1. The molecule has 0 bridgehead atoms. The number of hydrogen-bond acceptors (Lipinski definition) is 3. The van der Waals surface area contributed by atoms with Gasteiger partial charge in [-0.05, 0) is 0 Å². The second kappa shape index (κ2) is 3.73. The molecule has 1 aliphatic rings. The van der Waals surface area contributed by atoms with Crippen molar-refractivity contribution in [2.45, 2.75) is 6.43 Å². The topological polar surface area (TPSA) is 58.1 Å². The maximum Gasteiger partial charge on any atom is 0.329 e. The monoisotopic (exact) mass is 231 g/mol. The minimum Gasteiger partial charge on any atom is -0.357 e. The lowest BCUT2D eigenvalue weighted by Gasteiger charge is -2.39. The fourth-order valence-electron chi connectivity index (χ4n) is 1.58. The lowest BCUT2D eigenvalue weighted by molar-refractivity contribution is 0.0611. The zero-order valence-corrected chi connectivity index (χ0v) is 8.61. The van der Waals surface area contributed by atoms with Gasteiger partial charge in [-0.3, -0.25) is 14.3 Å². The van der Waals surface area contributed by atoms with Gasteiger partial charge in [0, 0.05) is 26.2 Å². The van der Waals surface area contributed by atoms with E-state index in [2.05, 4.69) is 4.98 Å². The molecule has 16 heavy (non-hydrogen) atoms. The fraction of sp³-hybridized carbons (Fsp3) is 0.556. The van der Waals surface area contributed by atoms with Crippen molar-refractivity contribution in [3.05, 3.63) is 26.9 Å². The molecule has 1 aromatic heterocycles. The third kappa shape index (κ3) is 1.72. The molecule has 0 spiro atoms. The van der Waals surface area contributed by atoms with Crippen molar-refractivity contribution in [1.29, 1.82) is 0 Å². The predicted molar refractivity (Wildman–Crippen MR) is 54.0 cm³/mol. The van der Waals surface area contributed by atoms with Crippen LogP contribution in [0.15, 0.2) is 15.7 Å². The molecule has 5 nitrogen and oxygen atoms in total. The third-order valence-corrected chi connectivity index (χ3v) is 2.74. The Kier molecular flexibility index (Phi) is 2.53. The maximum absolute atomic E-state index is 12.2. The van der Waals surface area contributed by atoms with Gasteiger partial charge in [-0.15, -0.1) is 0 Å². The molecule has 0 saturated carbocycles. The second-order valence-corrected chi connectivity index (χ2v) is 3.86. The van der Waals surface area contributed by atoms with Crippen LogP contribution in [0.25, 0.3) is 0 Å². The molecule has 0 amide bonds. The summed E-state index contributed by atoms with van der Waals surface area (Å²) in [5, 5.41) is 0. The summed E-state index contributed by atoms with van der Waals surface area (Å²) in [6, 6.07) is 1.24. The molecule has 88 valence electrons. The Bertz CT molecular complexity index is 471. The van der Waals surface area contributed by atoms with E-state index in [1.807, 2.05) is 0 Å². The highest BCUT2D eigenvalue weighted by molar-refractivity contribution is 5.40. The minimum atomic E-state index is -2.35. The quantitative estimate of drug-likeness (QED) is 0.765. The summed E-state index contributed by atoms with van der Waals surface area (Å²) in [4.78, 5) is 26.6. The Morgan fingerprint density at radius 1 is 1.44 bits per heavy atom. The standard InChI is InChI=1S/C9H11F2N3O2/c1-13-7(15)2-6(12-9(13)16)14-3-5(4-14)8(10)11/h2,5,8H,3-4H2,1H3,(H,12,16). The number of hydrogen-bond donors (Lipinski definition) is 1. The van der Waals surface area contributed by atoms with E-state index in [0.717, 1.165) is 4.57 Å². The van der Waals surface area contributed by atoms with Gasteiger partial charge in [0.1, 0.15) is 5.82 Å². The van der Waals surface area contributed by atoms with E-state index in [1.54, 1.807) is 4.90 Å². The van der Waals surface area contributed by atoms with Crippen molar-refractivity contribution in [1.82, 2.24) is 9.55 Å². The number of nitrogens with one attached hydrogen (secondary N) is 1. The van der Waals surface area contributed by atoms with Crippen molar-refractivity contribution >= 4 is 5.82 Å². The first-order chi connectivity index (χ1) is 7.49. The number of rotatable bonds is 2. The Balaban J connectivity index is 2.19. The van der Waals surface area contributed by atoms with E-state index in [-0.39, 0.29) is 13.1 Å². The highest BCUT2D eigenvalue weighted by atomic mass is 19.3. The van der Waals surface area contributed by atoms with Gasteiger partial charge < -0.3 is 4.90 Å². The summed E-state index contributed by atoms with van der Waals surface area (Å²) in [6.07, 6.45) is -2.35. The van der Waals surface area contributed by atoms with Crippen LogP contribution in [0.3, 0.4) is 0 Å². The lowest BCUT2D eigenvalue weighted by Crippen LogP contribution is -2.51. The summed E-state index contributed by atoms with van der Waals surface area (Å²) < 4.78 is 25.4. The first kappa shape index (κ1) is 10.8. The van der Waals surface area contributed by atoms with Crippen LogP contribution in [0.4, 0.5) is 14.6 Å². The van der Waals surface area contributed by atoms with E-state index in [1.165, 1.54) is 13.1 Å². The van der Waals surface area contributed by atoms with Crippen molar-refractivity contribution in [3.8, 4) is 0 Å². The van der Waals surface area contributed by atoms with E-state index in [4.69, 9.17) is 0 Å². The number of aromatic nitrogens is 2. The van der Waals surface area contributed by atoms with Crippen molar-refractivity contribution < 1.29 is 8.78 Å². The van der Waals surface area contributed by atoms with Gasteiger partial charge in [0.15, 0.2) is 0 Å². The lowest BCUT2D eigenvalue weighted by atomic mass is 10.0. The average Bonchev–Trinajstić information content (AvgIpc) is 2.10. The van der Waals surface area contributed by atoms with Gasteiger partial charge in [0.2, 0.25) is 6.43 Å². The number of aromatic amines is 1. The van der Waals surface area contributed by atoms with Crippen LogP contribution >= 0.6 is 0 Å². The maximum atomic E-state index is 12.2. The van der Waals surface area contributed by atoms with E-state index in [0.29, 0.717) is 5.82 Å². The smallest absolute Gasteiger partial charge is 0.329 e. The zero-order valence-electron chi connectivity index (χ0n) is 8.61. The summed E-state index contributed by atoms with van der Waals surface area (Å²) in [5.41, 5.74) is -0.984. The van der Waals surface area contributed by atoms with Gasteiger partial charge in [-0.25, -0.2) is 13.6 Å². The van der Waals surface area contributed by atoms with Gasteiger partial charge in [-0.2, -0.15) is 0 Å².